The molecule has 0 aliphatic heterocycles. The van der Waals surface area contributed by atoms with Crippen LogP contribution in [0.3, 0.4) is 0 Å². The summed E-state index contributed by atoms with van der Waals surface area (Å²) in [7, 11) is 0. The third kappa shape index (κ3) is 3.28. The molecule has 5 aromatic rings. The number of aromatic nitrogens is 4. The Hall–Kier alpha value is -3.40. The monoisotopic (exact) mass is 394 g/mol. The molecule has 0 unspecified atom stereocenters. The Morgan fingerprint density at radius 2 is 1.17 bits per heavy atom. The van der Waals surface area contributed by atoms with Crippen LogP contribution in [-0.2, 0) is 0 Å². The van der Waals surface area contributed by atoms with Gasteiger partial charge in [0.1, 0.15) is 11.6 Å². The van der Waals surface area contributed by atoms with E-state index >= 15 is 0 Å². The fourth-order valence-electron chi connectivity index (χ4n) is 3.83. The lowest BCUT2D eigenvalue weighted by Crippen LogP contribution is -1.88. The maximum Gasteiger partial charge on any atom is 0.138 e. The lowest BCUT2D eigenvalue weighted by Gasteiger charge is -2.07. The molecular weight excluding hydrogens is 368 g/mol. The fraction of sp³-hybridized carbons (Fsp3) is 0.231. The van der Waals surface area contributed by atoms with Gasteiger partial charge in [-0.15, -0.1) is 0 Å². The number of hydrogen-bond donors (Lipinski definition) is 2. The molecule has 30 heavy (non-hydrogen) atoms. The molecule has 4 nitrogen and oxygen atoms in total. The van der Waals surface area contributed by atoms with Crippen molar-refractivity contribution in [1.82, 2.24) is 19.9 Å². The van der Waals surface area contributed by atoms with Gasteiger partial charge in [0.2, 0.25) is 0 Å². The molecule has 0 amide bonds. The van der Waals surface area contributed by atoms with Crippen molar-refractivity contribution in [2.24, 2.45) is 0 Å². The van der Waals surface area contributed by atoms with Gasteiger partial charge in [-0.2, -0.15) is 0 Å². The van der Waals surface area contributed by atoms with Crippen LogP contribution >= 0.6 is 0 Å². The van der Waals surface area contributed by atoms with Crippen LogP contribution in [0.1, 0.15) is 50.9 Å². The molecular formula is C26H26N4. The van der Waals surface area contributed by atoms with Gasteiger partial charge in [-0.1, -0.05) is 76.2 Å². The van der Waals surface area contributed by atoms with Crippen LogP contribution in [0.2, 0.25) is 0 Å². The smallest absolute Gasteiger partial charge is 0.138 e. The fourth-order valence-corrected chi connectivity index (χ4v) is 3.83. The van der Waals surface area contributed by atoms with Crippen LogP contribution in [0.15, 0.2) is 60.7 Å². The number of benzene rings is 3. The van der Waals surface area contributed by atoms with Crippen molar-refractivity contribution in [2.75, 3.05) is 0 Å². The SMILES string of the molecule is CC(C)c1ccc(-c2ccc(-c3nc4cc5nc(C(C)C)[nH]c5cc4[nH]3)cc2)cc1. The normalized spacial score (nSPS) is 11.9. The van der Waals surface area contributed by atoms with Gasteiger partial charge in [-0.3, -0.25) is 0 Å². The highest BCUT2D eigenvalue weighted by Crippen LogP contribution is 2.28. The summed E-state index contributed by atoms with van der Waals surface area (Å²) in [6.07, 6.45) is 0. The van der Waals surface area contributed by atoms with E-state index < -0.39 is 0 Å². The van der Waals surface area contributed by atoms with Gasteiger partial charge in [-0.25, -0.2) is 9.97 Å². The summed E-state index contributed by atoms with van der Waals surface area (Å²) >= 11 is 0. The third-order valence-corrected chi connectivity index (χ3v) is 5.72. The molecule has 150 valence electrons. The quantitative estimate of drug-likeness (QED) is 0.344. The summed E-state index contributed by atoms with van der Waals surface area (Å²) in [5.41, 5.74) is 8.85. The summed E-state index contributed by atoms with van der Waals surface area (Å²) in [6, 6.07) is 21.6. The zero-order valence-corrected chi connectivity index (χ0v) is 17.8. The van der Waals surface area contributed by atoms with Crippen LogP contribution in [0.4, 0.5) is 0 Å². The van der Waals surface area contributed by atoms with E-state index in [1.807, 2.05) is 0 Å². The second kappa shape index (κ2) is 7.13. The van der Waals surface area contributed by atoms with Gasteiger partial charge in [0.25, 0.3) is 0 Å². The molecule has 3 aromatic carbocycles. The van der Waals surface area contributed by atoms with E-state index in [1.165, 1.54) is 16.7 Å². The second-order valence-electron chi connectivity index (χ2n) is 8.60. The summed E-state index contributed by atoms with van der Waals surface area (Å²) < 4.78 is 0. The molecule has 0 aliphatic rings. The maximum atomic E-state index is 4.81. The van der Waals surface area contributed by atoms with Gasteiger partial charge in [0.05, 0.1) is 22.1 Å². The first-order valence-corrected chi connectivity index (χ1v) is 10.6. The van der Waals surface area contributed by atoms with E-state index in [9.17, 15) is 0 Å². The number of aromatic amines is 2. The first-order chi connectivity index (χ1) is 14.5. The van der Waals surface area contributed by atoms with Crippen molar-refractivity contribution >= 4 is 22.1 Å². The molecule has 0 radical (unpaired) electrons. The first kappa shape index (κ1) is 18.6. The van der Waals surface area contributed by atoms with Crippen LogP contribution in [-0.4, -0.2) is 19.9 Å². The third-order valence-electron chi connectivity index (χ3n) is 5.72. The number of hydrogen-bond acceptors (Lipinski definition) is 2. The number of rotatable bonds is 4. The molecule has 0 atom stereocenters. The maximum absolute atomic E-state index is 4.81. The number of nitrogens with one attached hydrogen (secondary N) is 2. The first-order valence-electron chi connectivity index (χ1n) is 10.6. The van der Waals surface area contributed by atoms with Crippen molar-refractivity contribution in [1.29, 1.82) is 0 Å². The van der Waals surface area contributed by atoms with E-state index in [1.54, 1.807) is 0 Å². The number of fused-ring (bicyclic) bond motifs is 2. The van der Waals surface area contributed by atoms with Crippen LogP contribution in [0.25, 0.3) is 44.6 Å². The molecule has 0 aliphatic carbocycles. The molecule has 0 bridgehead atoms. The Morgan fingerprint density at radius 3 is 1.80 bits per heavy atom. The number of H-pyrrole nitrogens is 2. The van der Waals surface area contributed by atoms with Gasteiger partial charge in [0, 0.05) is 11.5 Å². The molecule has 5 rings (SSSR count). The summed E-state index contributed by atoms with van der Waals surface area (Å²) in [5.74, 6) is 2.81. The number of imidazole rings is 2. The average Bonchev–Trinajstić information content (AvgIpc) is 3.35. The van der Waals surface area contributed by atoms with Crippen molar-refractivity contribution in [2.45, 2.75) is 39.5 Å². The Labute approximate surface area is 176 Å². The highest BCUT2D eigenvalue weighted by molar-refractivity contribution is 5.92. The van der Waals surface area contributed by atoms with E-state index in [0.29, 0.717) is 11.8 Å². The zero-order chi connectivity index (χ0) is 20.8. The predicted molar refractivity (Wildman–Crippen MR) is 125 cm³/mol. The van der Waals surface area contributed by atoms with Crippen molar-refractivity contribution in [3.63, 3.8) is 0 Å². The minimum Gasteiger partial charge on any atom is -0.342 e. The van der Waals surface area contributed by atoms with E-state index in [2.05, 4.69) is 98.3 Å². The Balaban J connectivity index is 1.46. The van der Waals surface area contributed by atoms with Crippen LogP contribution in [0, 0.1) is 0 Å². The molecule has 2 aromatic heterocycles. The average molecular weight is 395 g/mol. The molecule has 0 saturated carbocycles. The summed E-state index contributed by atoms with van der Waals surface area (Å²) in [4.78, 5) is 16.4. The van der Waals surface area contributed by atoms with Gasteiger partial charge in [0.15, 0.2) is 0 Å². The highest BCUT2D eigenvalue weighted by Gasteiger charge is 2.11. The molecule has 0 spiro atoms. The van der Waals surface area contributed by atoms with Crippen molar-refractivity contribution < 1.29 is 0 Å². The van der Waals surface area contributed by atoms with E-state index in [4.69, 9.17) is 9.97 Å². The van der Waals surface area contributed by atoms with Gasteiger partial charge in [-0.05, 0) is 34.7 Å². The topological polar surface area (TPSA) is 57.4 Å². The van der Waals surface area contributed by atoms with Crippen molar-refractivity contribution in [3.8, 4) is 22.5 Å². The summed E-state index contributed by atoms with van der Waals surface area (Å²) in [5, 5.41) is 0. The summed E-state index contributed by atoms with van der Waals surface area (Å²) in [6.45, 7) is 8.72. The standard InChI is InChI=1S/C26H26N4/c1-15(2)17-5-7-18(8-6-17)19-9-11-20(12-10-19)26-29-23-13-21-22(14-24(23)30-26)28-25(27-21)16(3)4/h5-16H,1-4H3,(H,27,28)(H,29,30). The minimum absolute atomic E-state index is 0.374. The minimum atomic E-state index is 0.374. The Morgan fingerprint density at radius 1 is 0.600 bits per heavy atom. The lowest BCUT2D eigenvalue weighted by molar-refractivity contribution is 0.799. The van der Waals surface area contributed by atoms with Gasteiger partial charge >= 0.3 is 0 Å². The highest BCUT2D eigenvalue weighted by atomic mass is 15.0. The van der Waals surface area contributed by atoms with Crippen molar-refractivity contribution in [3.05, 3.63) is 72.1 Å². The predicted octanol–water partition coefficient (Wildman–Crippen LogP) is 7.02. The van der Waals surface area contributed by atoms with Crippen LogP contribution in [0.5, 0.6) is 0 Å². The molecule has 4 heteroatoms. The van der Waals surface area contributed by atoms with E-state index in [-0.39, 0.29) is 0 Å². The second-order valence-corrected chi connectivity index (χ2v) is 8.60. The molecule has 0 saturated heterocycles. The van der Waals surface area contributed by atoms with Crippen LogP contribution < -0.4 is 0 Å². The Bertz CT molecular complexity index is 1270. The largest absolute Gasteiger partial charge is 0.342 e. The zero-order valence-electron chi connectivity index (χ0n) is 17.8. The number of nitrogens with zero attached hydrogens (tertiary/aromatic N) is 2. The lowest BCUT2D eigenvalue weighted by atomic mass is 9.98. The Kier molecular flexibility index (Phi) is 4.43. The van der Waals surface area contributed by atoms with E-state index in [0.717, 1.165) is 39.3 Å². The molecule has 0 fully saturated rings. The molecule has 2 heterocycles. The molecule has 2 N–H and O–H groups in total. The van der Waals surface area contributed by atoms with Gasteiger partial charge < -0.3 is 9.97 Å².